The Kier molecular flexibility index (Phi) is 9.54. The minimum absolute atomic E-state index is 0.0195. The number of piperazine rings is 1. The Morgan fingerprint density at radius 1 is 0.980 bits per heavy atom. The number of hydrogen-bond acceptors (Lipinski definition) is 7. The quantitative estimate of drug-likeness (QED) is 0.261. The third-order valence-electron chi connectivity index (χ3n) is 12.3. The lowest BCUT2D eigenvalue weighted by molar-refractivity contribution is -0.143. The van der Waals surface area contributed by atoms with Crippen molar-refractivity contribution in [2.45, 2.75) is 64.0 Å². The van der Waals surface area contributed by atoms with Crippen molar-refractivity contribution in [2.24, 2.45) is 11.8 Å². The van der Waals surface area contributed by atoms with Crippen LogP contribution in [0.5, 0.6) is 0 Å². The zero-order chi connectivity index (χ0) is 35.2. The molecule has 12 heteroatoms. The smallest absolute Gasteiger partial charge is 0.326 e. The van der Waals surface area contributed by atoms with Gasteiger partial charge in [-0.3, -0.25) is 24.0 Å². The number of imidazole rings is 1. The molecule has 0 spiro atoms. The maximum atomic E-state index is 14.3. The highest BCUT2D eigenvalue weighted by Crippen LogP contribution is 2.33. The van der Waals surface area contributed by atoms with Gasteiger partial charge in [-0.25, -0.2) is 4.79 Å². The largest absolute Gasteiger partial charge is 0.397 e. The minimum atomic E-state index is -0.501. The first-order valence-corrected chi connectivity index (χ1v) is 19.2. The third-order valence-corrected chi connectivity index (χ3v) is 12.6. The minimum Gasteiger partial charge on any atom is -0.397 e. The van der Waals surface area contributed by atoms with E-state index in [2.05, 4.69) is 19.8 Å². The lowest BCUT2D eigenvalue weighted by atomic mass is 9.83. The number of pyridine rings is 1. The van der Waals surface area contributed by atoms with Crippen LogP contribution in [-0.4, -0.2) is 111 Å². The van der Waals surface area contributed by atoms with Gasteiger partial charge < -0.3 is 25.4 Å². The van der Waals surface area contributed by atoms with Gasteiger partial charge >= 0.3 is 5.69 Å². The third kappa shape index (κ3) is 6.64. The van der Waals surface area contributed by atoms with Gasteiger partial charge in [0.05, 0.1) is 39.4 Å². The fourth-order valence-electron chi connectivity index (χ4n) is 9.36. The predicted molar refractivity (Wildman–Crippen MR) is 201 cm³/mol. The number of fused-ring (bicyclic) bond motifs is 6. The number of hydrogen-bond donors (Lipinski definition) is 2. The number of para-hydroxylation sites is 1. The van der Waals surface area contributed by atoms with Gasteiger partial charge in [-0.05, 0) is 80.8 Å². The molecule has 9 rings (SSSR count). The summed E-state index contributed by atoms with van der Waals surface area (Å²) in [6.45, 7) is 9.80. The second kappa shape index (κ2) is 14.2. The number of aromatic nitrogens is 3. The van der Waals surface area contributed by atoms with Crippen molar-refractivity contribution in [1.82, 2.24) is 34.1 Å². The SMILES string of the molecule is CCc1cc(C[C@@H](CC(=O)N2CCC(n3c(=O)[nH]c4c5ccccc5ncc43)CC2)C(=O)N2CCN(C3CN4CCC3CC4)CC2)cc(Cl)c1N. The molecule has 5 saturated heterocycles. The van der Waals surface area contributed by atoms with Crippen molar-refractivity contribution in [2.75, 3.05) is 64.6 Å². The number of anilines is 1. The van der Waals surface area contributed by atoms with Gasteiger partial charge in [0.15, 0.2) is 0 Å². The van der Waals surface area contributed by atoms with Crippen molar-refractivity contribution in [1.29, 1.82) is 0 Å². The Labute approximate surface area is 303 Å². The van der Waals surface area contributed by atoms with E-state index in [0.29, 0.717) is 62.2 Å². The molecule has 0 aliphatic carbocycles. The van der Waals surface area contributed by atoms with E-state index in [4.69, 9.17) is 17.3 Å². The molecule has 3 N–H and O–H groups in total. The highest BCUT2D eigenvalue weighted by molar-refractivity contribution is 6.33. The molecule has 0 saturated carbocycles. The summed E-state index contributed by atoms with van der Waals surface area (Å²) >= 11 is 6.55. The molecule has 2 aromatic heterocycles. The fourth-order valence-corrected chi connectivity index (χ4v) is 9.62. The number of piperidine rings is 4. The first-order chi connectivity index (χ1) is 24.8. The average molecular weight is 713 g/mol. The maximum absolute atomic E-state index is 14.3. The van der Waals surface area contributed by atoms with Crippen LogP contribution in [-0.2, 0) is 22.4 Å². The average Bonchev–Trinajstić information content (AvgIpc) is 3.52. The van der Waals surface area contributed by atoms with Gasteiger partial charge in [-0.2, -0.15) is 0 Å². The molecular weight excluding hydrogens is 664 g/mol. The van der Waals surface area contributed by atoms with E-state index in [1.54, 1.807) is 6.20 Å². The number of benzene rings is 2. The summed E-state index contributed by atoms with van der Waals surface area (Å²) in [6, 6.07) is 12.2. The Bertz CT molecular complexity index is 1990. The standard InChI is InChI=1S/C39H49ClN8O3/c1-2-26-19-25(21-31(40)36(26)41)20-28(38(50)47-17-15-45(16-18-47)34-24-44-11-7-27(34)8-12-44)22-35(49)46-13-9-29(10-14-46)48-33-23-42-32-6-4-3-5-30(32)37(33)43-39(48)51/h3-6,19,21,23,27-29,34H,2,7-18,20,22,24,41H2,1H3,(H,43,51)/t28-,34?/m0/s1. The van der Waals surface area contributed by atoms with Crippen LogP contribution in [0.1, 0.15) is 56.2 Å². The Morgan fingerprint density at radius 3 is 2.43 bits per heavy atom. The van der Waals surface area contributed by atoms with Gasteiger partial charge in [0.2, 0.25) is 11.8 Å². The van der Waals surface area contributed by atoms with E-state index in [-0.39, 0.29) is 30.0 Å². The Hall–Kier alpha value is -3.93. The summed E-state index contributed by atoms with van der Waals surface area (Å²) in [7, 11) is 0. The highest BCUT2D eigenvalue weighted by Gasteiger charge is 2.40. The Morgan fingerprint density at radius 2 is 1.73 bits per heavy atom. The summed E-state index contributed by atoms with van der Waals surface area (Å²) in [5.74, 6) is 0.288. The molecule has 5 aliphatic heterocycles. The zero-order valence-electron chi connectivity index (χ0n) is 29.5. The number of nitrogens with zero attached hydrogens (tertiary/aromatic N) is 6. The number of carbonyl (C=O) groups is 2. The number of halogens is 1. The molecule has 5 fully saturated rings. The number of aryl methyl sites for hydroxylation is 1. The second-order valence-corrected chi connectivity index (χ2v) is 15.5. The molecule has 1 unspecified atom stereocenters. The molecule has 11 nitrogen and oxygen atoms in total. The van der Waals surface area contributed by atoms with Gasteiger partial charge in [0, 0.05) is 69.7 Å². The number of rotatable bonds is 8. The molecule has 2 bridgehead atoms. The fraction of sp³-hybridized carbons (Fsp3) is 0.538. The number of carbonyl (C=O) groups excluding carboxylic acids is 2. The molecule has 5 aliphatic rings. The van der Waals surface area contributed by atoms with E-state index in [1.807, 2.05) is 57.7 Å². The monoisotopic (exact) mass is 712 g/mol. The number of aromatic amines is 1. The number of H-pyrrole nitrogens is 1. The molecule has 2 amide bonds. The zero-order valence-corrected chi connectivity index (χ0v) is 30.3. The van der Waals surface area contributed by atoms with Gasteiger partial charge in [0.1, 0.15) is 0 Å². The van der Waals surface area contributed by atoms with Crippen LogP contribution in [0.2, 0.25) is 5.02 Å². The number of nitrogens with one attached hydrogen (secondary N) is 1. The van der Waals surface area contributed by atoms with Crippen molar-refractivity contribution in [3.05, 3.63) is 69.2 Å². The normalized spacial score (nSPS) is 23.7. The predicted octanol–water partition coefficient (Wildman–Crippen LogP) is 4.33. The van der Waals surface area contributed by atoms with Crippen LogP contribution in [0, 0.1) is 11.8 Å². The molecule has 0 radical (unpaired) electrons. The summed E-state index contributed by atoms with van der Waals surface area (Å²) in [5.41, 5.74) is 11.0. The van der Waals surface area contributed by atoms with Gasteiger partial charge in [0.25, 0.3) is 0 Å². The number of likely N-dealkylation sites (tertiary alicyclic amines) is 1. The summed E-state index contributed by atoms with van der Waals surface area (Å²) in [5, 5.41) is 1.41. The molecule has 270 valence electrons. The molecule has 2 aromatic carbocycles. The van der Waals surface area contributed by atoms with E-state index >= 15 is 0 Å². The number of amides is 2. The van der Waals surface area contributed by atoms with E-state index in [9.17, 15) is 14.4 Å². The van der Waals surface area contributed by atoms with Crippen LogP contribution in [0.4, 0.5) is 5.69 Å². The lowest BCUT2D eigenvalue weighted by Gasteiger charge is -2.51. The van der Waals surface area contributed by atoms with Crippen LogP contribution in [0.15, 0.2) is 47.4 Å². The van der Waals surface area contributed by atoms with E-state index in [1.165, 1.54) is 25.9 Å². The van der Waals surface area contributed by atoms with Crippen LogP contribution >= 0.6 is 11.6 Å². The van der Waals surface area contributed by atoms with Crippen molar-refractivity contribution < 1.29 is 9.59 Å². The summed E-state index contributed by atoms with van der Waals surface area (Å²) in [4.78, 5) is 58.3. The second-order valence-electron chi connectivity index (χ2n) is 15.1. The summed E-state index contributed by atoms with van der Waals surface area (Å²) < 4.78 is 1.81. The first-order valence-electron chi connectivity index (χ1n) is 18.8. The van der Waals surface area contributed by atoms with Crippen LogP contribution in [0.3, 0.4) is 0 Å². The number of nitrogens with two attached hydrogens (primary N) is 1. The lowest BCUT2D eigenvalue weighted by Crippen LogP contribution is -2.61. The first kappa shape index (κ1) is 34.2. The Balaban J connectivity index is 0.959. The molecule has 2 atom stereocenters. The van der Waals surface area contributed by atoms with E-state index < -0.39 is 5.92 Å². The van der Waals surface area contributed by atoms with Crippen LogP contribution in [0.25, 0.3) is 21.9 Å². The highest BCUT2D eigenvalue weighted by atomic mass is 35.5. The molecule has 51 heavy (non-hydrogen) atoms. The maximum Gasteiger partial charge on any atom is 0.326 e. The molecular formula is C39H49ClN8O3. The topological polar surface area (TPSA) is 124 Å². The molecule has 4 aromatic rings. The van der Waals surface area contributed by atoms with Crippen molar-refractivity contribution in [3.8, 4) is 0 Å². The van der Waals surface area contributed by atoms with Crippen LogP contribution < -0.4 is 11.4 Å². The molecule has 7 heterocycles. The van der Waals surface area contributed by atoms with Crippen molar-refractivity contribution in [3.63, 3.8) is 0 Å². The number of nitrogen functional groups attached to an aromatic ring is 1. The van der Waals surface area contributed by atoms with Gasteiger partial charge in [-0.1, -0.05) is 42.8 Å². The van der Waals surface area contributed by atoms with E-state index in [0.717, 1.165) is 65.0 Å². The summed E-state index contributed by atoms with van der Waals surface area (Å²) in [6.07, 6.45) is 6.93. The van der Waals surface area contributed by atoms with Crippen molar-refractivity contribution >= 4 is 51.0 Å². The van der Waals surface area contributed by atoms with Gasteiger partial charge in [-0.15, -0.1) is 0 Å².